The van der Waals surface area contributed by atoms with Crippen molar-refractivity contribution in [2.75, 3.05) is 17.5 Å². The Bertz CT molecular complexity index is 303. The summed E-state index contributed by atoms with van der Waals surface area (Å²) in [4.78, 5) is 3.25. The molecule has 0 spiro atoms. The lowest BCUT2D eigenvalue weighted by atomic mass is 10.3. The van der Waals surface area contributed by atoms with Gasteiger partial charge in [-0.1, -0.05) is 17.3 Å². The van der Waals surface area contributed by atoms with E-state index in [1.54, 1.807) is 5.12 Å². The zero-order chi connectivity index (χ0) is 8.39. The lowest BCUT2D eigenvalue weighted by Gasteiger charge is -2.07. The second-order valence-electron chi connectivity index (χ2n) is 2.50. The van der Waals surface area contributed by atoms with Crippen molar-refractivity contribution < 1.29 is 0 Å². The molecule has 0 saturated heterocycles. The number of benzene rings is 1. The molecule has 1 aliphatic rings. The predicted molar refractivity (Wildman–Crippen MR) is 47.0 cm³/mol. The van der Waals surface area contributed by atoms with E-state index in [4.69, 9.17) is 6.57 Å². The maximum atomic E-state index is 6.68. The van der Waals surface area contributed by atoms with E-state index in [1.165, 1.54) is 0 Å². The SMILES string of the molecule is [C-]#[N+]CN1Nc2ccccc2N1. The predicted octanol–water partition coefficient (Wildman–Crippen LogP) is 1.53. The van der Waals surface area contributed by atoms with Crippen LogP contribution >= 0.6 is 0 Å². The molecule has 0 bridgehead atoms. The number of para-hydroxylation sites is 2. The summed E-state index contributed by atoms with van der Waals surface area (Å²) < 4.78 is 0. The van der Waals surface area contributed by atoms with Crippen molar-refractivity contribution in [2.24, 2.45) is 0 Å². The summed E-state index contributed by atoms with van der Waals surface area (Å²) in [5.41, 5.74) is 8.12. The standard InChI is InChI=1S/C8H8N4/c1-9-6-12-10-7-4-2-3-5-8(7)11-12/h2-5,10-11H,6H2. The minimum Gasteiger partial charge on any atom is -0.296 e. The Kier molecular flexibility index (Phi) is 1.57. The first-order valence-electron chi connectivity index (χ1n) is 3.63. The van der Waals surface area contributed by atoms with Gasteiger partial charge in [-0.05, 0) is 12.1 Å². The maximum absolute atomic E-state index is 6.68. The fourth-order valence-electron chi connectivity index (χ4n) is 1.14. The van der Waals surface area contributed by atoms with E-state index in [9.17, 15) is 0 Å². The van der Waals surface area contributed by atoms with Crippen LogP contribution in [-0.4, -0.2) is 11.8 Å². The highest BCUT2D eigenvalue weighted by Gasteiger charge is 2.17. The Labute approximate surface area is 70.6 Å². The van der Waals surface area contributed by atoms with Gasteiger partial charge in [0.15, 0.2) is 0 Å². The lowest BCUT2D eigenvalue weighted by molar-refractivity contribution is 0.456. The third-order valence-corrected chi connectivity index (χ3v) is 1.65. The summed E-state index contributed by atoms with van der Waals surface area (Å²) in [6.45, 7) is 6.98. The van der Waals surface area contributed by atoms with Gasteiger partial charge in [0.05, 0.1) is 11.4 Å². The van der Waals surface area contributed by atoms with Crippen molar-refractivity contribution in [2.45, 2.75) is 0 Å². The van der Waals surface area contributed by atoms with Gasteiger partial charge in [0.25, 0.3) is 0 Å². The Morgan fingerprint density at radius 3 is 2.33 bits per heavy atom. The molecular weight excluding hydrogens is 152 g/mol. The topological polar surface area (TPSA) is 31.7 Å². The second-order valence-corrected chi connectivity index (χ2v) is 2.50. The first-order valence-corrected chi connectivity index (χ1v) is 3.63. The first kappa shape index (κ1) is 6.95. The monoisotopic (exact) mass is 160 g/mol. The molecule has 0 fully saturated rings. The summed E-state index contributed by atoms with van der Waals surface area (Å²) in [7, 11) is 0. The van der Waals surface area contributed by atoms with Crippen molar-refractivity contribution in [1.82, 2.24) is 5.12 Å². The van der Waals surface area contributed by atoms with Crippen LogP contribution in [-0.2, 0) is 0 Å². The van der Waals surface area contributed by atoms with E-state index in [0.29, 0.717) is 6.67 Å². The third-order valence-electron chi connectivity index (χ3n) is 1.65. The molecule has 0 unspecified atom stereocenters. The number of anilines is 2. The van der Waals surface area contributed by atoms with Crippen LogP contribution in [0.1, 0.15) is 0 Å². The Balaban J connectivity index is 2.18. The number of hydrogen-bond donors (Lipinski definition) is 2. The third kappa shape index (κ3) is 1.06. The zero-order valence-electron chi connectivity index (χ0n) is 6.41. The first-order chi connectivity index (χ1) is 5.90. The molecule has 0 aromatic heterocycles. The van der Waals surface area contributed by atoms with Crippen molar-refractivity contribution in [3.8, 4) is 0 Å². The Morgan fingerprint density at radius 1 is 1.25 bits per heavy atom. The molecule has 0 atom stereocenters. The van der Waals surface area contributed by atoms with Crippen molar-refractivity contribution in [3.05, 3.63) is 35.7 Å². The fraction of sp³-hybridized carbons (Fsp3) is 0.125. The van der Waals surface area contributed by atoms with Gasteiger partial charge in [0, 0.05) is 0 Å². The average molecular weight is 160 g/mol. The van der Waals surface area contributed by atoms with E-state index in [-0.39, 0.29) is 0 Å². The van der Waals surface area contributed by atoms with Crippen molar-refractivity contribution in [1.29, 1.82) is 0 Å². The van der Waals surface area contributed by atoms with Gasteiger partial charge in [-0.15, -0.1) is 0 Å². The van der Waals surface area contributed by atoms with Crippen LogP contribution in [0.5, 0.6) is 0 Å². The molecule has 12 heavy (non-hydrogen) atoms. The normalized spacial score (nSPS) is 14.2. The number of nitrogens with zero attached hydrogens (tertiary/aromatic N) is 2. The highest BCUT2D eigenvalue weighted by molar-refractivity contribution is 5.71. The van der Waals surface area contributed by atoms with E-state index < -0.39 is 0 Å². The molecule has 2 rings (SSSR count). The smallest absolute Gasteiger partial charge is 0.296 e. The largest absolute Gasteiger partial charge is 0.303 e. The molecular formula is C8H8N4. The molecule has 0 aliphatic carbocycles. The van der Waals surface area contributed by atoms with Crippen LogP contribution in [0.15, 0.2) is 24.3 Å². The van der Waals surface area contributed by atoms with Gasteiger partial charge in [-0.25, -0.2) is 6.57 Å². The molecule has 4 heteroatoms. The summed E-state index contributed by atoms with van der Waals surface area (Å²) in [5, 5.41) is 1.65. The van der Waals surface area contributed by atoms with Crippen LogP contribution in [0, 0.1) is 6.57 Å². The van der Waals surface area contributed by atoms with E-state index in [2.05, 4.69) is 15.7 Å². The van der Waals surface area contributed by atoms with Crippen molar-refractivity contribution in [3.63, 3.8) is 0 Å². The quantitative estimate of drug-likeness (QED) is 0.611. The fourth-order valence-corrected chi connectivity index (χ4v) is 1.14. The van der Waals surface area contributed by atoms with Crippen LogP contribution < -0.4 is 10.9 Å². The van der Waals surface area contributed by atoms with Gasteiger partial charge in [0.2, 0.25) is 0 Å². The van der Waals surface area contributed by atoms with Crippen molar-refractivity contribution >= 4 is 11.4 Å². The molecule has 2 N–H and O–H groups in total. The summed E-state index contributed by atoms with van der Waals surface area (Å²) in [6, 6.07) is 7.84. The maximum Gasteiger partial charge on any atom is 0.303 e. The molecule has 0 radical (unpaired) electrons. The number of hydrogen-bond acceptors (Lipinski definition) is 3. The van der Waals surface area contributed by atoms with Gasteiger partial charge in [-0.3, -0.25) is 15.7 Å². The molecule has 1 aromatic rings. The molecule has 0 amide bonds. The molecule has 60 valence electrons. The van der Waals surface area contributed by atoms with Crippen LogP contribution in [0.25, 0.3) is 4.85 Å². The number of hydrazine groups is 2. The molecule has 1 aromatic carbocycles. The number of nitrogens with one attached hydrogen (secondary N) is 2. The lowest BCUT2D eigenvalue weighted by Crippen LogP contribution is -2.28. The molecule has 0 saturated carbocycles. The summed E-state index contributed by atoms with van der Waals surface area (Å²) >= 11 is 0. The van der Waals surface area contributed by atoms with Gasteiger partial charge in [-0.2, -0.15) is 0 Å². The zero-order valence-corrected chi connectivity index (χ0v) is 6.41. The molecule has 1 heterocycles. The Hall–Kier alpha value is -1.73. The molecule has 1 aliphatic heterocycles. The highest BCUT2D eigenvalue weighted by Crippen LogP contribution is 2.26. The van der Waals surface area contributed by atoms with E-state index >= 15 is 0 Å². The Morgan fingerprint density at radius 2 is 1.83 bits per heavy atom. The molecule has 4 nitrogen and oxygen atoms in total. The van der Waals surface area contributed by atoms with Gasteiger partial charge >= 0.3 is 6.67 Å². The number of rotatable bonds is 1. The van der Waals surface area contributed by atoms with Crippen LogP contribution in [0.4, 0.5) is 11.4 Å². The minimum atomic E-state index is 0.300. The number of fused-ring (bicyclic) bond motifs is 1. The van der Waals surface area contributed by atoms with Gasteiger partial charge < -0.3 is 0 Å². The van der Waals surface area contributed by atoms with Crippen LogP contribution in [0.2, 0.25) is 0 Å². The second kappa shape index (κ2) is 2.72. The average Bonchev–Trinajstić information content (AvgIpc) is 2.47. The summed E-state index contributed by atoms with van der Waals surface area (Å²) in [6.07, 6.45) is 0. The highest BCUT2D eigenvalue weighted by atomic mass is 15.8. The van der Waals surface area contributed by atoms with E-state index in [0.717, 1.165) is 11.4 Å². The van der Waals surface area contributed by atoms with Crippen LogP contribution in [0.3, 0.4) is 0 Å². The minimum absolute atomic E-state index is 0.300. The van der Waals surface area contributed by atoms with Gasteiger partial charge in [0.1, 0.15) is 0 Å². The summed E-state index contributed by atoms with van der Waals surface area (Å²) in [5.74, 6) is 0. The van der Waals surface area contributed by atoms with E-state index in [1.807, 2.05) is 24.3 Å².